The molecule has 76 valence electrons. The average Bonchev–Trinajstić information content (AvgIpc) is 2.65. The molecule has 1 aromatic carbocycles. The lowest BCUT2D eigenvalue weighted by Crippen LogP contribution is -1.89. The summed E-state index contributed by atoms with van der Waals surface area (Å²) >= 11 is 0. The normalized spacial score (nSPS) is 9.64. The Labute approximate surface area is 85.3 Å². The van der Waals surface area contributed by atoms with Crippen LogP contribution in [-0.2, 0) is 6.42 Å². The van der Waals surface area contributed by atoms with Gasteiger partial charge in [0, 0.05) is 11.7 Å². The van der Waals surface area contributed by atoms with Crippen LogP contribution < -0.4 is 5.32 Å². The van der Waals surface area contributed by atoms with Crippen LogP contribution in [0.15, 0.2) is 30.5 Å². The van der Waals surface area contributed by atoms with Crippen molar-refractivity contribution >= 4 is 10.9 Å². The van der Waals surface area contributed by atoms with E-state index in [0.717, 1.165) is 6.42 Å². The first-order valence-electron chi connectivity index (χ1n) is 4.96. The highest BCUT2D eigenvalue weighted by atomic mass is 14.7. The minimum Gasteiger partial charge on any atom is -0.361 e. The number of aromatic amines is 1. The fraction of sp³-hybridized carbons (Fsp3) is 0.333. The van der Waals surface area contributed by atoms with Gasteiger partial charge in [0.2, 0.25) is 0 Å². The predicted molar refractivity (Wildman–Crippen MR) is 62.7 cm³/mol. The van der Waals surface area contributed by atoms with E-state index in [1.54, 1.807) is 0 Å². The Morgan fingerprint density at radius 3 is 2.57 bits per heavy atom. The molecule has 1 aromatic heterocycles. The van der Waals surface area contributed by atoms with Crippen LogP contribution in [0.25, 0.3) is 10.9 Å². The molecule has 0 aliphatic carbocycles. The fourth-order valence-corrected chi connectivity index (χ4v) is 1.32. The van der Waals surface area contributed by atoms with E-state index in [-0.39, 0.29) is 0 Å². The third-order valence-corrected chi connectivity index (χ3v) is 2.03. The molecule has 2 nitrogen and oxygen atoms in total. The Kier molecular flexibility index (Phi) is 4.20. The van der Waals surface area contributed by atoms with Gasteiger partial charge in [0.1, 0.15) is 0 Å². The molecule has 2 heteroatoms. The number of hydrogen-bond acceptors (Lipinski definition) is 1. The molecule has 0 atom stereocenters. The summed E-state index contributed by atoms with van der Waals surface area (Å²) in [5, 5.41) is 4.06. The Morgan fingerprint density at radius 1 is 1.21 bits per heavy atom. The van der Waals surface area contributed by atoms with E-state index in [4.69, 9.17) is 0 Å². The highest BCUT2D eigenvalue weighted by Gasteiger charge is 1.93. The van der Waals surface area contributed by atoms with Crippen molar-refractivity contribution in [2.45, 2.75) is 13.3 Å². The summed E-state index contributed by atoms with van der Waals surface area (Å²) < 4.78 is 0. The van der Waals surface area contributed by atoms with Crippen LogP contribution in [0.3, 0.4) is 0 Å². The van der Waals surface area contributed by atoms with E-state index < -0.39 is 0 Å². The van der Waals surface area contributed by atoms with Crippen molar-refractivity contribution in [3.05, 3.63) is 36.0 Å². The molecule has 0 aliphatic heterocycles. The van der Waals surface area contributed by atoms with Gasteiger partial charge >= 0.3 is 0 Å². The maximum absolute atomic E-state index is 3.17. The monoisotopic (exact) mass is 190 g/mol. The topological polar surface area (TPSA) is 27.8 Å². The van der Waals surface area contributed by atoms with E-state index in [1.807, 2.05) is 20.3 Å². The third kappa shape index (κ3) is 2.60. The van der Waals surface area contributed by atoms with Crippen molar-refractivity contribution in [2.24, 2.45) is 0 Å². The number of H-pyrrole nitrogens is 1. The van der Waals surface area contributed by atoms with Gasteiger partial charge in [0.05, 0.1) is 0 Å². The second kappa shape index (κ2) is 5.45. The minimum absolute atomic E-state index is 1.11. The predicted octanol–water partition coefficient (Wildman–Crippen LogP) is 2.57. The standard InChI is InChI=1S/C10H11N.C2H7N/c1-2-8-3-4-10-9(7-8)5-6-11-10;1-3-2/h3-7,11H,2H2,1H3;3H,1-2H3. The molecule has 14 heavy (non-hydrogen) atoms. The summed E-state index contributed by atoms with van der Waals surface area (Å²) in [4.78, 5) is 3.17. The molecule has 2 N–H and O–H groups in total. The lowest BCUT2D eigenvalue weighted by Gasteiger charge is -1.94. The van der Waals surface area contributed by atoms with E-state index in [9.17, 15) is 0 Å². The van der Waals surface area contributed by atoms with Gasteiger partial charge in [-0.2, -0.15) is 0 Å². The number of aryl methyl sites for hydroxylation is 1. The van der Waals surface area contributed by atoms with E-state index in [1.165, 1.54) is 16.5 Å². The van der Waals surface area contributed by atoms with Gasteiger partial charge in [-0.1, -0.05) is 13.0 Å². The summed E-state index contributed by atoms with van der Waals surface area (Å²) in [6, 6.07) is 8.63. The Morgan fingerprint density at radius 2 is 1.93 bits per heavy atom. The largest absolute Gasteiger partial charge is 0.361 e. The number of aromatic nitrogens is 1. The summed E-state index contributed by atoms with van der Waals surface area (Å²) in [5.41, 5.74) is 2.62. The van der Waals surface area contributed by atoms with Gasteiger partial charge in [0.25, 0.3) is 0 Å². The summed E-state index contributed by atoms with van der Waals surface area (Å²) in [6.45, 7) is 2.17. The van der Waals surface area contributed by atoms with Crippen LogP contribution >= 0.6 is 0 Å². The Hall–Kier alpha value is -1.28. The van der Waals surface area contributed by atoms with Crippen LogP contribution in [0.4, 0.5) is 0 Å². The van der Waals surface area contributed by atoms with Crippen molar-refractivity contribution in [2.75, 3.05) is 14.1 Å². The number of hydrogen-bond donors (Lipinski definition) is 2. The molecule has 0 saturated heterocycles. The van der Waals surface area contributed by atoms with Crippen LogP contribution in [0.2, 0.25) is 0 Å². The maximum Gasteiger partial charge on any atom is 0.0454 e. The summed E-state index contributed by atoms with van der Waals surface area (Å²) in [5.74, 6) is 0. The lowest BCUT2D eigenvalue weighted by atomic mass is 10.1. The van der Waals surface area contributed by atoms with Crippen LogP contribution in [0.5, 0.6) is 0 Å². The summed E-state index contributed by atoms with van der Waals surface area (Å²) in [7, 11) is 3.75. The number of rotatable bonds is 1. The van der Waals surface area contributed by atoms with Gasteiger partial charge in [-0.3, -0.25) is 0 Å². The van der Waals surface area contributed by atoms with Crippen molar-refractivity contribution < 1.29 is 0 Å². The molecular formula is C12H18N2. The molecule has 0 unspecified atom stereocenters. The molecule has 0 radical (unpaired) electrons. The zero-order valence-electron chi connectivity index (χ0n) is 9.09. The Balaban J connectivity index is 0.000000293. The van der Waals surface area contributed by atoms with Crippen molar-refractivity contribution in [1.82, 2.24) is 10.3 Å². The molecule has 0 bridgehead atoms. The first-order chi connectivity index (χ1) is 6.81. The first kappa shape index (κ1) is 10.8. The molecular weight excluding hydrogens is 172 g/mol. The van der Waals surface area contributed by atoms with Crippen LogP contribution in [-0.4, -0.2) is 19.1 Å². The van der Waals surface area contributed by atoms with Gasteiger partial charge in [-0.05, 0) is 49.7 Å². The quantitative estimate of drug-likeness (QED) is 0.710. The number of nitrogens with one attached hydrogen (secondary N) is 2. The third-order valence-electron chi connectivity index (χ3n) is 2.03. The molecule has 2 aromatic rings. The SMILES string of the molecule is CCc1ccc2[nH]ccc2c1.CNC. The molecule has 0 fully saturated rings. The van der Waals surface area contributed by atoms with Gasteiger partial charge in [0.15, 0.2) is 0 Å². The van der Waals surface area contributed by atoms with E-state index in [0.29, 0.717) is 0 Å². The minimum atomic E-state index is 1.11. The van der Waals surface area contributed by atoms with Crippen LogP contribution in [0.1, 0.15) is 12.5 Å². The second-order valence-corrected chi connectivity index (χ2v) is 3.25. The van der Waals surface area contributed by atoms with Gasteiger partial charge in [-0.25, -0.2) is 0 Å². The van der Waals surface area contributed by atoms with Crippen molar-refractivity contribution in [3.63, 3.8) is 0 Å². The highest BCUT2D eigenvalue weighted by Crippen LogP contribution is 2.14. The van der Waals surface area contributed by atoms with Crippen molar-refractivity contribution in [1.29, 1.82) is 0 Å². The summed E-state index contributed by atoms with van der Waals surface area (Å²) in [6.07, 6.45) is 3.09. The number of benzene rings is 1. The Bertz CT molecular complexity index is 376. The number of fused-ring (bicyclic) bond motifs is 1. The lowest BCUT2D eigenvalue weighted by molar-refractivity contribution is 1.02. The van der Waals surface area contributed by atoms with E-state index >= 15 is 0 Å². The molecule has 1 heterocycles. The average molecular weight is 190 g/mol. The molecule has 2 rings (SSSR count). The zero-order chi connectivity index (χ0) is 10.4. The highest BCUT2D eigenvalue weighted by molar-refractivity contribution is 5.79. The maximum atomic E-state index is 3.17. The second-order valence-electron chi connectivity index (χ2n) is 3.25. The van der Waals surface area contributed by atoms with Crippen LogP contribution in [0, 0.1) is 0 Å². The smallest absolute Gasteiger partial charge is 0.0454 e. The molecule has 0 amide bonds. The van der Waals surface area contributed by atoms with Crippen molar-refractivity contribution in [3.8, 4) is 0 Å². The van der Waals surface area contributed by atoms with E-state index in [2.05, 4.69) is 41.5 Å². The van der Waals surface area contributed by atoms with Gasteiger partial charge in [-0.15, -0.1) is 0 Å². The fourth-order valence-electron chi connectivity index (χ4n) is 1.32. The molecule has 0 spiro atoms. The zero-order valence-corrected chi connectivity index (χ0v) is 9.09. The first-order valence-corrected chi connectivity index (χ1v) is 4.96. The van der Waals surface area contributed by atoms with Gasteiger partial charge < -0.3 is 10.3 Å². The molecule has 0 aliphatic rings. The molecule has 0 saturated carbocycles.